The van der Waals surface area contributed by atoms with Crippen LogP contribution in [0.4, 0.5) is 0 Å². The second-order valence-electron chi connectivity index (χ2n) is 7.63. The van der Waals surface area contributed by atoms with E-state index >= 15 is 0 Å². The van der Waals surface area contributed by atoms with Crippen LogP contribution in [0.3, 0.4) is 0 Å². The van der Waals surface area contributed by atoms with E-state index in [9.17, 15) is 19.8 Å². The van der Waals surface area contributed by atoms with Gasteiger partial charge in [0.05, 0.1) is 14.2 Å². The number of benzene rings is 3. The molecule has 0 aliphatic rings. The summed E-state index contributed by atoms with van der Waals surface area (Å²) in [5, 5.41) is 18.6. The van der Waals surface area contributed by atoms with Gasteiger partial charge in [0.1, 0.15) is 22.6 Å². The zero-order chi connectivity index (χ0) is 25.9. The molecule has 3 aromatic carbocycles. The maximum Gasteiger partial charge on any atom is 0.339 e. The predicted molar refractivity (Wildman–Crippen MR) is 142 cm³/mol. The first kappa shape index (κ1) is 25.8. The highest BCUT2D eigenvalue weighted by Gasteiger charge is 2.11. The number of carboxylic acids is 2. The summed E-state index contributed by atoms with van der Waals surface area (Å²) in [7, 11) is 2.89. The minimum atomic E-state index is -1.03. The van der Waals surface area contributed by atoms with E-state index < -0.39 is 11.9 Å². The fraction of sp³-hybridized carbons (Fsp3) is 0.0667. The van der Waals surface area contributed by atoms with Gasteiger partial charge in [-0.25, -0.2) is 9.59 Å². The number of ether oxygens (including phenoxy) is 2. The molecular formula is C30H26O6. The van der Waals surface area contributed by atoms with Crippen LogP contribution in [0, 0.1) is 0 Å². The van der Waals surface area contributed by atoms with Crippen molar-refractivity contribution in [3.05, 3.63) is 118 Å². The van der Waals surface area contributed by atoms with Gasteiger partial charge in [-0.05, 0) is 46.5 Å². The standard InChI is InChI=1S/C30H26O6/c1-35-27-17-15-23(19-25(27)29(31)32)9-5-3-7-21-11-13-22(14-12-21)8-4-6-10-24-16-18-28(36-2)26(20-24)30(33)34/h3-20H,1-2H3,(H,31,32)(H,33,34). The number of allylic oxidation sites excluding steroid dienone is 4. The predicted octanol–water partition coefficient (Wildman–Crippen LogP) is 6.55. The van der Waals surface area contributed by atoms with Crippen molar-refractivity contribution in [2.24, 2.45) is 0 Å². The molecule has 0 heterocycles. The first-order chi connectivity index (χ1) is 17.4. The van der Waals surface area contributed by atoms with Crippen LogP contribution in [0.15, 0.2) is 85.0 Å². The summed E-state index contributed by atoms with van der Waals surface area (Å²) in [6.45, 7) is 0. The van der Waals surface area contributed by atoms with Gasteiger partial charge < -0.3 is 19.7 Å². The first-order valence-electron chi connectivity index (χ1n) is 11.0. The van der Waals surface area contributed by atoms with Crippen molar-refractivity contribution in [2.45, 2.75) is 0 Å². The van der Waals surface area contributed by atoms with Crippen LogP contribution < -0.4 is 9.47 Å². The lowest BCUT2D eigenvalue weighted by Gasteiger charge is -2.05. The molecule has 0 spiro atoms. The van der Waals surface area contributed by atoms with Crippen LogP contribution >= 0.6 is 0 Å². The highest BCUT2D eigenvalue weighted by Crippen LogP contribution is 2.22. The summed E-state index contributed by atoms with van der Waals surface area (Å²) in [4.78, 5) is 22.7. The third-order valence-corrected chi connectivity index (χ3v) is 5.22. The summed E-state index contributed by atoms with van der Waals surface area (Å²) < 4.78 is 10.1. The zero-order valence-electron chi connectivity index (χ0n) is 19.9. The van der Waals surface area contributed by atoms with Gasteiger partial charge in [-0.1, -0.05) is 85.0 Å². The lowest BCUT2D eigenvalue weighted by Crippen LogP contribution is -2.00. The molecule has 6 heteroatoms. The maximum atomic E-state index is 11.3. The Hall–Kier alpha value is -4.84. The van der Waals surface area contributed by atoms with Crippen molar-refractivity contribution >= 4 is 36.2 Å². The Kier molecular flexibility index (Phi) is 9.00. The molecular weight excluding hydrogens is 456 g/mol. The molecule has 2 N–H and O–H groups in total. The molecule has 182 valence electrons. The van der Waals surface area contributed by atoms with E-state index in [1.165, 1.54) is 14.2 Å². The maximum absolute atomic E-state index is 11.3. The van der Waals surface area contributed by atoms with E-state index in [-0.39, 0.29) is 11.1 Å². The molecule has 6 nitrogen and oxygen atoms in total. The molecule has 0 atom stereocenters. The Morgan fingerprint density at radius 2 is 0.861 bits per heavy atom. The summed E-state index contributed by atoms with van der Waals surface area (Å²) in [6.07, 6.45) is 15.0. The Balaban J connectivity index is 1.59. The van der Waals surface area contributed by atoms with E-state index in [2.05, 4.69) is 0 Å². The number of carboxylic acid groups (broad SMARTS) is 2. The fourth-order valence-electron chi connectivity index (χ4n) is 3.38. The zero-order valence-corrected chi connectivity index (χ0v) is 19.9. The molecule has 3 rings (SSSR count). The van der Waals surface area contributed by atoms with Crippen molar-refractivity contribution in [2.75, 3.05) is 14.2 Å². The van der Waals surface area contributed by atoms with Crippen molar-refractivity contribution < 1.29 is 29.3 Å². The van der Waals surface area contributed by atoms with E-state index in [0.717, 1.165) is 22.3 Å². The Morgan fingerprint density at radius 3 is 1.17 bits per heavy atom. The molecule has 0 amide bonds. The van der Waals surface area contributed by atoms with Gasteiger partial charge in [0, 0.05) is 0 Å². The lowest BCUT2D eigenvalue weighted by molar-refractivity contribution is 0.0682. The quantitative estimate of drug-likeness (QED) is 0.318. The number of hydrogen-bond donors (Lipinski definition) is 2. The summed E-state index contributed by atoms with van der Waals surface area (Å²) in [6, 6.07) is 18.0. The van der Waals surface area contributed by atoms with Crippen LogP contribution in [0.2, 0.25) is 0 Å². The van der Waals surface area contributed by atoms with E-state index in [4.69, 9.17) is 9.47 Å². The van der Waals surface area contributed by atoms with Crippen molar-refractivity contribution in [3.8, 4) is 11.5 Å². The smallest absolute Gasteiger partial charge is 0.339 e. The minimum Gasteiger partial charge on any atom is -0.496 e. The summed E-state index contributed by atoms with van der Waals surface area (Å²) in [5.41, 5.74) is 3.81. The Bertz CT molecular complexity index is 1240. The van der Waals surface area contributed by atoms with Crippen LogP contribution in [0.5, 0.6) is 11.5 Å². The van der Waals surface area contributed by atoms with E-state index in [1.54, 1.807) is 36.4 Å². The molecule has 0 radical (unpaired) electrons. The van der Waals surface area contributed by atoms with E-state index in [1.807, 2.05) is 72.9 Å². The molecule has 0 aliphatic heterocycles. The second kappa shape index (κ2) is 12.6. The summed E-state index contributed by atoms with van der Waals surface area (Å²) >= 11 is 0. The Morgan fingerprint density at radius 1 is 0.556 bits per heavy atom. The topological polar surface area (TPSA) is 93.1 Å². The largest absolute Gasteiger partial charge is 0.496 e. The molecule has 0 saturated carbocycles. The van der Waals surface area contributed by atoms with Crippen LogP contribution in [0.25, 0.3) is 24.3 Å². The summed E-state index contributed by atoms with van der Waals surface area (Å²) in [5.74, 6) is -1.41. The van der Waals surface area contributed by atoms with Crippen molar-refractivity contribution in [3.63, 3.8) is 0 Å². The van der Waals surface area contributed by atoms with Crippen molar-refractivity contribution in [1.82, 2.24) is 0 Å². The molecule has 3 aromatic rings. The normalized spacial score (nSPS) is 11.6. The highest BCUT2D eigenvalue weighted by molar-refractivity contribution is 5.92. The van der Waals surface area contributed by atoms with Crippen LogP contribution in [-0.4, -0.2) is 36.4 Å². The molecule has 0 bridgehead atoms. The first-order valence-corrected chi connectivity index (χ1v) is 11.0. The fourth-order valence-corrected chi connectivity index (χ4v) is 3.38. The van der Waals surface area contributed by atoms with Gasteiger partial charge in [0.2, 0.25) is 0 Å². The average molecular weight is 483 g/mol. The molecule has 36 heavy (non-hydrogen) atoms. The van der Waals surface area contributed by atoms with Gasteiger partial charge in [0.25, 0.3) is 0 Å². The van der Waals surface area contributed by atoms with Crippen LogP contribution in [-0.2, 0) is 0 Å². The van der Waals surface area contributed by atoms with Crippen molar-refractivity contribution in [1.29, 1.82) is 0 Å². The van der Waals surface area contributed by atoms with Gasteiger partial charge in [-0.2, -0.15) is 0 Å². The van der Waals surface area contributed by atoms with E-state index in [0.29, 0.717) is 11.5 Å². The number of methoxy groups -OCH3 is 2. The molecule has 0 aromatic heterocycles. The Labute approximate surface area is 209 Å². The monoisotopic (exact) mass is 482 g/mol. The number of carbonyl (C=O) groups is 2. The number of rotatable bonds is 10. The number of hydrogen-bond acceptors (Lipinski definition) is 4. The molecule has 0 unspecified atom stereocenters. The highest BCUT2D eigenvalue weighted by atomic mass is 16.5. The molecule has 0 aliphatic carbocycles. The number of aromatic carboxylic acids is 2. The molecule has 0 saturated heterocycles. The lowest BCUT2D eigenvalue weighted by atomic mass is 10.1. The minimum absolute atomic E-state index is 0.121. The van der Waals surface area contributed by atoms with Gasteiger partial charge in [-0.15, -0.1) is 0 Å². The SMILES string of the molecule is COc1ccc(C=CC=Cc2ccc(C=CC=Cc3ccc(OC)c(C(=O)O)c3)cc2)cc1C(=O)O. The van der Waals surface area contributed by atoms with Crippen LogP contribution in [0.1, 0.15) is 43.0 Å². The third-order valence-electron chi connectivity index (χ3n) is 5.22. The molecule has 0 fully saturated rings. The van der Waals surface area contributed by atoms with Gasteiger partial charge in [0.15, 0.2) is 0 Å². The third kappa shape index (κ3) is 7.08. The average Bonchev–Trinajstić information content (AvgIpc) is 2.89. The second-order valence-corrected chi connectivity index (χ2v) is 7.63. The van der Waals surface area contributed by atoms with Gasteiger partial charge in [-0.3, -0.25) is 0 Å². The van der Waals surface area contributed by atoms with Gasteiger partial charge >= 0.3 is 11.9 Å².